The Labute approximate surface area is 165 Å². The first kappa shape index (κ1) is 21.2. The van der Waals surface area contributed by atoms with Crippen LogP contribution < -0.4 is 10.2 Å². The zero-order valence-electron chi connectivity index (χ0n) is 14.5. The van der Waals surface area contributed by atoms with Gasteiger partial charge in [0.05, 0.1) is 16.1 Å². The average Bonchev–Trinajstić information content (AvgIpc) is 3.10. The summed E-state index contributed by atoms with van der Waals surface area (Å²) in [7, 11) is 0. The van der Waals surface area contributed by atoms with Gasteiger partial charge in [0, 0.05) is 18.9 Å². The van der Waals surface area contributed by atoms with Gasteiger partial charge in [0.25, 0.3) is 0 Å². The van der Waals surface area contributed by atoms with Crippen LogP contribution in [0.2, 0.25) is 5.02 Å². The molecule has 0 radical (unpaired) electrons. The molecule has 1 N–H and O–H groups in total. The van der Waals surface area contributed by atoms with Gasteiger partial charge in [0.1, 0.15) is 17.7 Å². The van der Waals surface area contributed by atoms with E-state index in [4.69, 9.17) is 11.6 Å². The second-order valence-electron chi connectivity index (χ2n) is 6.30. The fraction of sp³-hybridized carbons (Fsp3) is 0.353. The lowest BCUT2D eigenvalue weighted by molar-refractivity contribution is -0.138. The van der Waals surface area contributed by atoms with Gasteiger partial charge >= 0.3 is 12.4 Å². The van der Waals surface area contributed by atoms with Gasteiger partial charge in [-0.1, -0.05) is 11.6 Å². The third kappa shape index (κ3) is 4.72. The largest absolute Gasteiger partial charge is 0.417 e. The van der Waals surface area contributed by atoms with E-state index in [9.17, 15) is 31.1 Å². The Morgan fingerprint density at radius 1 is 1.07 bits per heavy atom. The Bertz CT molecular complexity index is 900. The number of amides is 1. The SMILES string of the molecule is O=C(Nc1ccc(C(F)(F)F)cn1)C1CCCN1c1ncc(C(F)(F)F)cc1Cl. The van der Waals surface area contributed by atoms with Crippen LogP contribution in [0.15, 0.2) is 30.6 Å². The van der Waals surface area contributed by atoms with E-state index in [1.165, 1.54) is 4.90 Å². The van der Waals surface area contributed by atoms with Crippen molar-refractivity contribution in [2.45, 2.75) is 31.2 Å². The number of nitrogens with one attached hydrogen (secondary N) is 1. The molecule has 1 aliphatic heterocycles. The number of carbonyl (C=O) groups excluding carboxylic acids is 1. The van der Waals surface area contributed by atoms with Crippen LogP contribution in [-0.2, 0) is 17.1 Å². The highest BCUT2D eigenvalue weighted by Gasteiger charge is 2.36. The predicted molar refractivity (Wildman–Crippen MR) is 92.5 cm³/mol. The highest BCUT2D eigenvalue weighted by atomic mass is 35.5. The molecule has 12 heteroatoms. The summed E-state index contributed by atoms with van der Waals surface area (Å²) in [5, 5.41) is 2.15. The molecule has 3 heterocycles. The van der Waals surface area contributed by atoms with Crippen molar-refractivity contribution in [1.82, 2.24) is 9.97 Å². The molecule has 0 saturated carbocycles. The highest BCUT2D eigenvalue weighted by molar-refractivity contribution is 6.33. The molecule has 29 heavy (non-hydrogen) atoms. The highest BCUT2D eigenvalue weighted by Crippen LogP contribution is 2.36. The minimum absolute atomic E-state index is 0.0256. The molecule has 0 aliphatic carbocycles. The Balaban J connectivity index is 1.76. The van der Waals surface area contributed by atoms with Gasteiger partial charge < -0.3 is 10.2 Å². The van der Waals surface area contributed by atoms with Crippen LogP contribution in [0.3, 0.4) is 0 Å². The van der Waals surface area contributed by atoms with Crippen molar-refractivity contribution in [2.75, 3.05) is 16.8 Å². The van der Waals surface area contributed by atoms with Crippen molar-refractivity contribution in [3.63, 3.8) is 0 Å². The monoisotopic (exact) mass is 438 g/mol. The molecule has 2 aromatic rings. The van der Waals surface area contributed by atoms with Crippen LogP contribution in [0.4, 0.5) is 38.0 Å². The van der Waals surface area contributed by atoms with Gasteiger partial charge in [-0.2, -0.15) is 26.3 Å². The molecule has 0 spiro atoms. The topological polar surface area (TPSA) is 58.1 Å². The maximum atomic E-state index is 12.8. The number of alkyl halides is 6. The van der Waals surface area contributed by atoms with Crippen LogP contribution in [0, 0.1) is 0 Å². The average molecular weight is 439 g/mol. The number of anilines is 2. The van der Waals surface area contributed by atoms with E-state index in [1.54, 1.807) is 0 Å². The van der Waals surface area contributed by atoms with Crippen molar-refractivity contribution in [3.05, 3.63) is 46.7 Å². The number of nitrogens with zero attached hydrogens (tertiary/aromatic N) is 3. The van der Waals surface area contributed by atoms with Gasteiger partial charge in [0.15, 0.2) is 0 Å². The fourth-order valence-electron chi connectivity index (χ4n) is 2.93. The Morgan fingerprint density at radius 2 is 1.72 bits per heavy atom. The van der Waals surface area contributed by atoms with Crippen molar-refractivity contribution in [3.8, 4) is 0 Å². The molecule has 5 nitrogen and oxygen atoms in total. The van der Waals surface area contributed by atoms with Crippen molar-refractivity contribution >= 4 is 29.1 Å². The van der Waals surface area contributed by atoms with Gasteiger partial charge in [-0.15, -0.1) is 0 Å². The number of aromatic nitrogens is 2. The van der Waals surface area contributed by atoms with Gasteiger partial charge in [-0.05, 0) is 31.0 Å². The molecule has 1 aliphatic rings. The Morgan fingerprint density at radius 3 is 2.28 bits per heavy atom. The summed E-state index contributed by atoms with van der Waals surface area (Å²) in [6, 6.07) is 1.72. The molecule has 2 aromatic heterocycles. The first-order valence-electron chi connectivity index (χ1n) is 8.30. The lowest BCUT2D eigenvalue weighted by Gasteiger charge is -2.26. The van der Waals surface area contributed by atoms with Crippen molar-refractivity contribution < 1.29 is 31.1 Å². The van der Waals surface area contributed by atoms with E-state index in [0.717, 1.165) is 18.2 Å². The molecule has 1 fully saturated rings. The zero-order chi connectivity index (χ0) is 21.4. The standard InChI is InChI=1S/C17H13ClF6N4O/c18-11-6-10(17(22,23)24)8-26-14(11)28-5-1-2-12(28)15(29)27-13-4-3-9(7-25-13)16(19,20)21/h3-4,6-8,12H,1-2,5H2,(H,25,27,29). The number of halogens is 7. The second-order valence-corrected chi connectivity index (χ2v) is 6.70. The number of hydrogen-bond donors (Lipinski definition) is 1. The zero-order valence-corrected chi connectivity index (χ0v) is 15.2. The minimum atomic E-state index is -4.61. The van der Waals surface area contributed by atoms with Crippen LogP contribution >= 0.6 is 11.6 Å². The summed E-state index contributed by atoms with van der Waals surface area (Å²) < 4.78 is 76.1. The third-order valence-corrected chi connectivity index (χ3v) is 4.60. The number of rotatable bonds is 3. The third-order valence-electron chi connectivity index (χ3n) is 4.32. The molecule has 1 amide bonds. The summed E-state index contributed by atoms with van der Waals surface area (Å²) >= 11 is 5.95. The molecule has 0 aromatic carbocycles. The molecule has 3 rings (SSSR count). The van der Waals surface area contributed by atoms with E-state index >= 15 is 0 Å². The maximum Gasteiger partial charge on any atom is 0.417 e. The lowest BCUT2D eigenvalue weighted by atomic mass is 10.2. The van der Waals surface area contributed by atoms with E-state index in [0.29, 0.717) is 31.8 Å². The second kappa shape index (κ2) is 7.69. The van der Waals surface area contributed by atoms with Crippen LogP contribution in [-0.4, -0.2) is 28.5 Å². The van der Waals surface area contributed by atoms with Gasteiger partial charge in [-0.25, -0.2) is 9.97 Å². The van der Waals surface area contributed by atoms with Crippen LogP contribution in [0.25, 0.3) is 0 Å². The first-order chi connectivity index (χ1) is 13.5. The van der Waals surface area contributed by atoms with Gasteiger partial charge in [0.2, 0.25) is 5.91 Å². The summed E-state index contributed by atoms with van der Waals surface area (Å²) in [5.74, 6) is -0.633. The van der Waals surface area contributed by atoms with E-state index in [2.05, 4.69) is 15.3 Å². The summed E-state index contributed by atoms with van der Waals surface area (Å²) in [6.07, 6.45) is -7.01. The smallest absolute Gasteiger partial charge is 0.343 e. The van der Waals surface area contributed by atoms with E-state index in [-0.39, 0.29) is 16.7 Å². The quantitative estimate of drug-likeness (QED) is 0.701. The predicted octanol–water partition coefficient (Wildman–Crippen LogP) is 4.78. The normalized spacial score (nSPS) is 17.5. The van der Waals surface area contributed by atoms with Crippen LogP contribution in [0.5, 0.6) is 0 Å². The van der Waals surface area contributed by atoms with Crippen molar-refractivity contribution in [1.29, 1.82) is 0 Å². The molecular formula is C17H13ClF6N4O. The lowest BCUT2D eigenvalue weighted by Crippen LogP contribution is -2.40. The molecule has 0 bridgehead atoms. The van der Waals surface area contributed by atoms with E-state index in [1.807, 2.05) is 0 Å². The van der Waals surface area contributed by atoms with E-state index < -0.39 is 35.4 Å². The van der Waals surface area contributed by atoms with Crippen molar-refractivity contribution in [2.24, 2.45) is 0 Å². The molecule has 1 saturated heterocycles. The fourth-order valence-corrected chi connectivity index (χ4v) is 3.21. The van der Waals surface area contributed by atoms with Crippen LogP contribution in [0.1, 0.15) is 24.0 Å². The minimum Gasteiger partial charge on any atom is -0.343 e. The first-order valence-corrected chi connectivity index (χ1v) is 8.68. The summed E-state index contributed by atoms with van der Waals surface area (Å²) in [5.41, 5.74) is -1.97. The Hall–Kier alpha value is -2.56. The molecular weight excluding hydrogens is 426 g/mol. The molecule has 1 atom stereocenters. The number of carbonyl (C=O) groups is 1. The summed E-state index contributed by atoms with van der Waals surface area (Å²) in [6.45, 7) is 0.330. The molecule has 156 valence electrons. The Kier molecular flexibility index (Phi) is 5.61. The number of hydrogen-bond acceptors (Lipinski definition) is 4. The van der Waals surface area contributed by atoms with Gasteiger partial charge in [-0.3, -0.25) is 4.79 Å². The maximum absolute atomic E-state index is 12.8. The molecule has 1 unspecified atom stereocenters. The number of pyridine rings is 2. The summed E-state index contributed by atoms with van der Waals surface area (Å²) in [4.78, 5) is 21.3.